The van der Waals surface area contributed by atoms with Crippen LogP contribution in [-0.2, 0) is 33.9 Å². The molecule has 0 aliphatic heterocycles. The summed E-state index contributed by atoms with van der Waals surface area (Å²) in [6, 6.07) is 0. The monoisotopic (exact) mass is 303 g/mol. The second kappa shape index (κ2) is 37.4. The maximum Gasteiger partial charge on any atom is 4.00 e. The van der Waals surface area contributed by atoms with Crippen LogP contribution in [0.5, 0.6) is 0 Å². The van der Waals surface area contributed by atoms with E-state index in [0.717, 1.165) is 0 Å². The van der Waals surface area contributed by atoms with Gasteiger partial charge in [0.2, 0.25) is 0 Å². The number of nitrogens with zero attached hydrogens (tertiary/aromatic N) is 1. The van der Waals surface area contributed by atoms with E-state index < -0.39 is 0 Å². The van der Waals surface area contributed by atoms with E-state index in [4.69, 9.17) is 14.4 Å². The van der Waals surface area contributed by atoms with E-state index in [1.165, 1.54) is 18.9 Å². The van der Waals surface area contributed by atoms with Crippen LogP contribution < -0.4 is 0 Å². The molecule has 0 spiro atoms. The maximum atomic E-state index is 7.75. The minimum absolute atomic E-state index is 0. The van der Waals surface area contributed by atoms with Crippen molar-refractivity contribution in [1.29, 1.82) is 0 Å². The standard InChI is InChI=1S/C7H16N.3CHO.Ru/c1-7(2)5-6-8(3)4;3*1-2;/h5-6H2,1-4H3;3*1H;/q4*-1;+4. The Morgan fingerprint density at radius 2 is 1.20 bits per heavy atom. The van der Waals surface area contributed by atoms with Crippen LogP contribution in [-0.4, -0.2) is 45.9 Å². The average Bonchev–Trinajstić information content (AvgIpc) is 2.24. The number of hydrogen-bond acceptors (Lipinski definition) is 4. The second-order valence-electron chi connectivity index (χ2n) is 2.76. The summed E-state index contributed by atoms with van der Waals surface area (Å²) in [5.41, 5.74) is 0. The van der Waals surface area contributed by atoms with Gasteiger partial charge in [-0.05, 0) is 20.6 Å². The molecule has 15 heavy (non-hydrogen) atoms. The third kappa shape index (κ3) is 86.6. The molecule has 0 bridgehead atoms. The fourth-order valence-corrected chi connectivity index (χ4v) is 0.447. The Bertz CT molecular complexity index is 80.0. The summed E-state index contributed by atoms with van der Waals surface area (Å²) in [7, 11) is 4.20. The van der Waals surface area contributed by atoms with Gasteiger partial charge in [0.25, 0.3) is 0 Å². The zero-order chi connectivity index (χ0) is 12.6. The molecule has 0 aliphatic carbocycles. The van der Waals surface area contributed by atoms with Gasteiger partial charge in [0.15, 0.2) is 0 Å². The molecule has 0 aromatic rings. The number of rotatable bonds is 3. The molecule has 0 atom stereocenters. The quantitative estimate of drug-likeness (QED) is 0.438. The Labute approximate surface area is 106 Å². The van der Waals surface area contributed by atoms with Gasteiger partial charge in [0, 0.05) is 0 Å². The summed E-state index contributed by atoms with van der Waals surface area (Å²) in [6.45, 7) is 15.3. The predicted octanol–water partition coefficient (Wildman–Crippen LogP) is 0.728. The Balaban J connectivity index is -0.0000000410. The first-order valence-corrected chi connectivity index (χ1v) is 3.77. The summed E-state index contributed by atoms with van der Waals surface area (Å²) in [6.07, 6.45) is 1.23. The van der Waals surface area contributed by atoms with Crippen LogP contribution in [0.15, 0.2) is 0 Å². The Morgan fingerprint density at radius 3 is 1.27 bits per heavy atom. The molecule has 0 aromatic carbocycles. The molecular weight excluding hydrogens is 283 g/mol. The summed E-state index contributed by atoms with van der Waals surface area (Å²) in [5, 5.41) is 0. The van der Waals surface area contributed by atoms with Crippen LogP contribution in [0.25, 0.3) is 0 Å². The van der Waals surface area contributed by atoms with Crippen LogP contribution in [0.2, 0.25) is 0 Å². The van der Waals surface area contributed by atoms with Crippen LogP contribution in [0.3, 0.4) is 0 Å². The molecule has 0 saturated carbocycles. The van der Waals surface area contributed by atoms with Crippen molar-refractivity contribution < 1.29 is 33.9 Å². The Kier molecular flexibility index (Phi) is 73.0. The van der Waals surface area contributed by atoms with Crippen molar-refractivity contribution in [2.75, 3.05) is 20.6 Å². The van der Waals surface area contributed by atoms with Crippen molar-refractivity contribution in [3.8, 4) is 0 Å². The second-order valence-corrected chi connectivity index (χ2v) is 2.76. The minimum Gasteiger partial charge on any atom is -0.545 e. The molecule has 0 radical (unpaired) electrons. The SMILES string of the molecule is C[C-](C)CCN(C)C.[CH-]=O.[CH-]=O.[CH-]=O.[Ru+4]. The summed E-state index contributed by atoms with van der Waals surface area (Å²) in [5.74, 6) is 1.51. The molecule has 90 valence electrons. The van der Waals surface area contributed by atoms with E-state index in [9.17, 15) is 0 Å². The molecule has 0 aliphatic rings. The third-order valence-electron chi connectivity index (χ3n) is 1.06. The molecule has 0 unspecified atom stereocenters. The Morgan fingerprint density at radius 1 is 0.933 bits per heavy atom. The topological polar surface area (TPSA) is 54.5 Å². The van der Waals surface area contributed by atoms with Gasteiger partial charge in [-0.25, -0.2) is 0 Å². The molecule has 4 nitrogen and oxygen atoms in total. The molecule has 0 amide bonds. The molecule has 0 N–H and O–H groups in total. The molecule has 0 heterocycles. The first-order valence-electron chi connectivity index (χ1n) is 3.77. The molecule has 0 saturated heterocycles. The van der Waals surface area contributed by atoms with E-state index in [1.54, 1.807) is 0 Å². The van der Waals surface area contributed by atoms with E-state index in [1.807, 2.05) is 0 Å². The Hall–Kier alpha value is -0.407. The van der Waals surface area contributed by atoms with Gasteiger partial charge in [-0.15, -0.1) is 0 Å². The van der Waals surface area contributed by atoms with Gasteiger partial charge in [-0.2, -0.15) is 20.3 Å². The summed E-state index contributed by atoms with van der Waals surface area (Å²) in [4.78, 5) is 25.5. The summed E-state index contributed by atoms with van der Waals surface area (Å²) < 4.78 is 0. The van der Waals surface area contributed by atoms with Crippen LogP contribution in [0, 0.1) is 5.92 Å². The van der Waals surface area contributed by atoms with Gasteiger partial charge in [0.05, 0.1) is 0 Å². The van der Waals surface area contributed by atoms with Crippen LogP contribution in [0.4, 0.5) is 0 Å². The van der Waals surface area contributed by atoms with E-state index >= 15 is 0 Å². The van der Waals surface area contributed by atoms with Gasteiger partial charge < -0.3 is 25.2 Å². The molecule has 0 fully saturated rings. The molecule has 0 rings (SSSR count). The minimum atomic E-state index is 0. The van der Waals surface area contributed by atoms with Gasteiger partial charge >= 0.3 is 19.5 Å². The van der Waals surface area contributed by atoms with Crippen LogP contribution in [0.1, 0.15) is 20.3 Å². The maximum absolute atomic E-state index is 7.75. The van der Waals surface area contributed by atoms with Gasteiger partial charge in [-0.1, -0.05) is 0 Å². The number of carbonyl (C=O) groups excluding carboxylic acids is 3. The number of hydrogen-bond donors (Lipinski definition) is 0. The fraction of sp³-hybridized carbons (Fsp3) is 0.600. The average molecular weight is 302 g/mol. The van der Waals surface area contributed by atoms with Gasteiger partial charge in [-0.3, -0.25) is 20.4 Å². The van der Waals surface area contributed by atoms with Gasteiger partial charge in [0.1, 0.15) is 0 Å². The van der Waals surface area contributed by atoms with Crippen molar-refractivity contribution in [2.24, 2.45) is 0 Å². The third-order valence-corrected chi connectivity index (χ3v) is 1.06. The molecule has 5 heteroatoms. The fourth-order valence-electron chi connectivity index (χ4n) is 0.447. The van der Waals surface area contributed by atoms with Crippen LogP contribution >= 0.6 is 0 Å². The van der Waals surface area contributed by atoms with Crippen molar-refractivity contribution in [2.45, 2.75) is 20.3 Å². The van der Waals surface area contributed by atoms with Crippen molar-refractivity contribution in [1.82, 2.24) is 4.90 Å². The first kappa shape index (κ1) is 29.3. The zero-order valence-electron chi connectivity index (χ0n) is 9.67. The van der Waals surface area contributed by atoms with E-state index in [0.29, 0.717) is 0 Å². The normalized spacial score (nSPS) is 6.80. The summed E-state index contributed by atoms with van der Waals surface area (Å²) >= 11 is 0. The van der Waals surface area contributed by atoms with E-state index in [-0.39, 0.29) is 19.5 Å². The first-order chi connectivity index (χ1) is 6.63. The van der Waals surface area contributed by atoms with Crippen molar-refractivity contribution in [3.63, 3.8) is 0 Å². The molecule has 0 aromatic heterocycles. The smallest absolute Gasteiger partial charge is 0.545 e. The zero-order valence-corrected chi connectivity index (χ0v) is 11.4. The predicted molar refractivity (Wildman–Crippen MR) is 58.0 cm³/mol. The largest absolute Gasteiger partial charge is 4.00 e. The van der Waals surface area contributed by atoms with Crippen molar-refractivity contribution >= 4 is 20.4 Å². The van der Waals surface area contributed by atoms with Crippen molar-refractivity contribution in [3.05, 3.63) is 5.92 Å². The van der Waals surface area contributed by atoms with E-state index in [2.05, 4.69) is 53.2 Å². The molecular formula is C10H19NO3Ru.